The van der Waals surface area contributed by atoms with Gasteiger partial charge in [-0.25, -0.2) is 0 Å². The highest BCUT2D eigenvalue weighted by atomic mass is 16.3. The van der Waals surface area contributed by atoms with Gasteiger partial charge in [-0.15, -0.1) is 0 Å². The number of hydrogen-bond donors (Lipinski definition) is 6. The Morgan fingerprint density at radius 1 is 0.958 bits per heavy atom. The second-order valence-electron chi connectivity index (χ2n) is 9.13. The van der Waals surface area contributed by atoms with Crippen molar-refractivity contribution in [2.24, 2.45) is 34.1 Å². The van der Waals surface area contributed by atoms with Crippen molar-refractivity contribution in [3.63, 3.8) is 0 Å². The van der Waals surface area contributed by atoms with E-state index in [1.165, 1.54) is 0 Å². The molecule has 0 aromatic rings. The summed E-state index contributed by atoms with van der Waals surface area (Å²) in [6, 6.07) is -0.121. The van der Waals surface area contributed by atoms with E-state index in [1.54, 1.807) is 20.8 Å². The Morgan fingerprint density at radius 2 is 1.38 bits per heavy atom. The van der Waals surface area contributed by atoms with Crippen molar-refractivity contribution in [3.8, 4) is 0 Å². The van der Waals surface area contributed by atoms with Gasteiger partial charge in [0.25, 0.3) is 0 Å². The van der Waals surface area contributed by atoms with Crippen LogP contribution < -0.4 is 28.7 Å². The first-order valence-electron chi connectivity index (χ1n) is 8.63. The van der Waals surface area contributed by atoms with E-state index in [2.05, 4.69) is 20.4 Å². The third kappa shape index (κ3) is 4.56. The molecule has 3 unspecified atom stereocenters. The molecule has 0 saturated heterocycles. The van der Waals surface area contributed by atoms with Gasteiger partial charge in [0.05, 0.1) is 11.1 Å². The Hall–Kier alpha value is -0.500. The van der Waals surface area contributed by atoms with E-state index in [0.717, 1.165) is 12.0 Å². The third-order valence-electron chi connectivity index (χ3n) is 5.93. The second kappa shape index (κ2) is 7.02. The molecule has 0 aliphatic heterocycles. The normalized spacial score (nSPS) is 20.2. The summed E-state index contributed by atoms with van der Waals surface area (Å²) < 4.78 is 0. The van der Waals surface area contributed by atoms with Gasteiger partial charge in [-0.3, -0.25) is 0 Å². The van der Waals surface area contributed by atoms with Crippen LogP contribution in [0.3, 0.4) is 0 Å². The van der Waals surface area contributed by atoms with Crippen molar-refractivity contribution < 1.29 is 5.11 Å². The highest BCUT2D eigenvalue weighted by Crippen LogP contribution is 2.40. The molecule has 0 heterocycles. The van der Waals surface area contributed by atoms with E-state index >= 15 is 0 Å². The molecular weight excluding hydrogens is 302 g/mol. The summed E-state index contributed by atoms with van der Waals surface area (Å²) in [5.74, 6) is 0. The summed E-state index contributed by atoms with van der Waals surface area (Å²) in [5.41, 5.74) is 27.6. The first-order chi connectivity index (χ1) is 10.3. The lowest BCUT2D eigenvalue weighted by Crippen LogP contribution is -2.79. The third-order valence-corrected chi connectivity index (χ3v) is 5.93. The van der Waals surface area contributed by atoms with Crippen LogP contribution in [0.15, 0.2) is 12.2 Å². The van der Waals surface area contributed by atoms with Crippen LogP contribution in [0.1, 0.15) is 67.7 Å². The van der Waals surface area contributed by atoms with Crippen molar-refractivity contribution in [1.29, 1.82) is 0 Å². The topological polar surface area (TPSA) is 150 Å². The van der Waals surface area contributed by atoms with Crippen molar-refractivity contribution in [2.45, 2.75) is 96.1 Å². The quantitative estimate of drug-likeness (QED) is 0.270. The fourth-order valence-electron chi connectivity index (χ4n) is 3.17. The van der Waals surface area contributed by atoms with E-state index < -0.39 is 22.3 Å². The molecule has 0 bridgehead atoms. The molecule has 6 nitrogen and oxygen atoms in total. The lowest BCUT2D eigenvalue weighted by molar-refractivity contribution is -0.0354. The minimum Gasteiger partial charge on any atom is -0.387 e. The molecule has 24 heavy (non-hydrogen) atoms. The van der Waals surface area contributed by atoms with Crippen molar-refractivity contribution in [2.75, 3.05) is 0 Å². The lowest BCUT2D eigenvalue weighted by Gasteiger charge is -2.49. The van der Waals surface area contributed by atoms with Gasteiger partial charge in [-0.05, 0) is 52.4 Å². The predicted octanol–water partition coefficient (Wildman–Crippen LogP) is 0.906. The summed E-state index contributed by atoms with van der Waals surface area (Å²) in [5, 5.41) is 10.3. The number of aliphatic hydroxyl groups is 1. The smallest absolute Gasteiger partial charge is 0.111 e. The van der Waals surface area contributed by atoms with Gasteiger partial charge in [0.15, 0.2) is 0 Å². The largest absolute Gasteiger partial charge is 0.387 e. The zero-order valence-corrected chi connectivity index (χ0v) is 16.7. The van der Waals surface area contributed by atoms with E-state index in [4.69, 9.17) is 28.7 Å². The summed E-state index contributed by atoms with van der Waals surface area (Å²) in [6.45, 7) is 17.2. The van der Waals surface area contributed by atoms with Gasteiger partial charge in [0.2, 0.25) is 0 Å². The average molecular weight is 344 g/mol. The van der Waals surface area contributed by atoms with E-state index in [9.17, 15) is 5.11 Å². The Morgan fingerprint density at radius 3 is 1.71 bits per heavy atom. The zero-order valence-electron chi connectivity index (χ0n) is 16.7. The van der Waals surface area contributed by atoms with Crippen molar-refractivity contribution in [1.82, 2.24) is 0 Å². The molecule has 0 spiro atoms. The van der Waals surface area contributed by atoms with Crippen molar-refractivity contribution >= 4 is 0 Å². The molecule has 0 amide bonds. The summed E-state index contributed by atoms with van der Waals surface area (Å²) in [4.78, 5) is 0. The summed E-state index contributed by atoms with van der Waals surface area (Å²) >= 11 is 0. The highest BCUT2D eigenvalue weighted by molar-refractivity contribution is 5.17. The average Bonchev–Trinajstić information content (AvgIpc) is 2.34. The van der Waals surface area contributed by atoms with Crippen LogP contribution in [0.25, 0.3) is 0 Å². The molecule has 11 N–H and O–H groups in total. The molecule has 3 atom stereocenters. The first-order valence-corrected chi connectivity index (χ1v) is 8.63. The van der Waals surface area contributed by atoms with Crippen molar-refractivity contribution in [3.05, 3.63) is 12.2 Å². The van der Waals surface area contributed by atoms with Crippen LogP contribution in [0.5, 0.6) is 0 Å². The fourth-order valence-corrected chi connectivity index (χ4v) is 3.17. The monoisotopic (exact) mass is 343 g/mol. The Labute approximate surface area is 148 Å². The maximum absolute atomic E-state index is 10.3. The minimum absolute atomic E-state index is 0.121. The fraction of sp³-hybridized carbons (Fsp3) is 0.889. The van der Waals surface area contributed by atoms with Gasteiger partial charge in [0, 0.05) is 11.6 Å². The lowest BCUT2D eigenvalue weighted by atomic mass is 9.64. The number of rotatable bonds is 9. The first kappa shape index (κ1) is 23.5. The van der Waals surface area contributed by atoms with E-state index in [0.29, 0.717) is 12.8 Å². The highest BCUT2D eigenvalue weighted by Gasteiger charge is 2.50. The Bertz CT molecular complexity index is 447. The second-order valence-corrected chi connectivity index (χ2v) is 9.13. The zero-order chi connectivity index (χ0) is 19.8. The molecule has 0 fully saturated rings. The molecular formula is C18H41N5O. The van der Waals surface area contributed by atoms with Gasteiger partial charge in [-0.2, -0.15) is 0 Å². The predicted molar refractivity (Wildman–Crippen MR) is 103 cm³/mol. The Kier molecular flexibility index (Phi) is 6.87. The van der Waals surface area contributed by atoms with Gasteiger partial charge in [-0.1, -0.05) is 32.9 Å². The number of nitrogens with two attached hydrogens (primary N) is 5. The molecule has 0 rings (SSSR count). The molecule has 0 aromatic heterocycles. The maximum Gasteiger partial charge on any atom is 0.111 e. The van der Waals surface area contributed by atoms with Crippen LogP contribution in [-0.2, 0) is 0 Å². The standard InChI is InChI=1S/C18H41N5O/c1-9-13(19)17(8,21)14(3,4)10-12(2)11-16(7,20)18(22,23)15(5,6)24/h13,24H,2,9-11,19-23H2,1,3-8H3. The molecule has 0 radical (unpaired) electrons. The van der Waals surface area contributed by atoms with Gasteiger partial charge < -0.3 is 33.8 Å². The van der Waals surface area contributed by atoms with Crippen LogP contribution in [-0.4, -0.2) is 33.5 Å². The Balaban J connectivity index is 5.28. The van der Waals surface area contributed by atoms with E-state index in [-0.39, 0.29) is 11.5 Å². The van der Waals surface area contributed by atoms with Crippen LogP contribution >= 0.6 is 0 Å². The van der Waals surface area contributed by atoms with E-state index in [1.807, 2.05) is 13.8 Å². The van der Waals surface area contributed by atoms with Crippen LogP contribution in [0.2, 0.25) is 0 Å². The van der Waals surface area contributed by atoms with Gasteiger partial charge in [0.1, 0.15) is 5.66 Å². The van der Waals surface area contributed by atoms with Crippen LogP contribution in [0.4, 0.5) is 0 Å². The minimum atomic E-state index is -1.47. The summed E-state index contributed by atoms with van der Waals surface area (Å²) in [6.07, 6.45) is 1.82. The maximum atomic E-state index is 10.3. The summed E-state index contributed by atoms with van der Waals surface area (Å²) in [7, 11) is 0. The molecule has 0 aromatic carbocycles. The van der Waals surface area contributed by atoms with Crippen LogP contribution in [0, 0.1) is 5.41 Å². The molecule has 0 saturated carbocycles. The molecule has 6 heteroatoms. The molecule has 0 aliphatic carbocycles. The van der Waals surface area contributed by atoms with Gasteiger partial charge >= 0.3 is 0 Å². The SMILES string of the molecule is C=C(CC(C)(C)C(C)(N)C(N)CC)CC(C)(N)C(N)(N)C(C)(C)O. The molecule has 0 aliphatic rings. The number of hydrogen-bond acceptors (Lipinski definition) is 6. The molecule has 144 valence electrons.